The van der Waals surface area contributed by atoms with Crippen LogP contribution in [0.15, 0.2) is 0 Å². The van der Waals surface area contributed by atoms with E-state index in [4.69, 9.17) is 10.8 Å². The highest BCUT2D eigenvalue weighted by atomic mass is 16.4. The third-order valence-corrected chi connectivity index (χ3v) is 6.07. The molecule has 0 saturated heterocycles. The normalized spacial score (nSPS) is 29.6. The lowest BCUT2D eigenvalue weighted by Crippen LogP contribution is -2.48. The third kappa shape index (κ3) is 4.93. The van der Waals surface area contributed by atoms with Crippen LogP contribution in [0.1, 0.15) is 64.7 Å². The molecule has 138 valence electrons. The Balaban J connectivity index is 1.96. The topological polar surface area (TPSA) is 113 Å². The van der Waals surface area contributed by atoms with E-state index >= 15 is 0 Å². The molecule has 2 unspecified atom stereocenters. The second-order valence-corrected chi connectivity index (χ2v) is 7.68. The Bertz CT molecular complexity index is 429. The second kappa shape index (κ2) is 8.81. The van der Waals surface area contributed by atoms with E-state index < -0.39 is 24.0 Å². The highest BCUT2D eigenvalue weighted by Gasteiger charge is 2.39. The van der Waals surface area contributed by atoms with Crippen LogP contribution in [0, 0.1) is 17.8 Å². The molecule has 0 aromatic carbocycles. The minimum atomic E-state index is -0.884. The standard InChI is InChI=1S/C18H32N2O4/c1-11(17(21)22)20-14-9-7-13(8-10-14)15(16(19)18(23)24)12-5-3-2-4-6-12/h11-16,20H,2-10,19H2,1H3,(H,21,22)(H,23,24)/t11-,13?,14?,15?,16?/m1/s1. The van der Waals surface area contributed by atoms with Crippen LogP contribution >= 0.6 is 0 Å². The first-order valence-electron chi connectivity index (χ1n) is 9.37. The van der Waals surface area contributed by atoms with E-state index in [1.807, 2.05) is 0 Å². The first-order valence-corrected chi connectivity index (χ1v) is 9.37. The molecular formula is C18H32N2O4. The number of hydrogen-bond donors (Lipinski definition) is 4. The van der Waals surface area contributed by atoms with E-state index in [0.717, 1.165) is 38.5 Å². The number of carboxylic acid groups (broad SMARTS) is 2. The summed E-state index contributed by atoms with van der Waals surface area (Å²) in [5, 5.41) is 21.6. The number of rotatable bonds is 7. The molecule has 24 heavy (non-hydrogen) atoms. The van der Waals surface area contributed by atoms with E-state index in [1.54, 1.807) is 6.92 Å². The average molecular weight is 340 g/mol. The number of hydrogen-bond acceptors (Lipinski definition) is 4. The molecule has 2 saturated carbocycles. The maximum Gasteiger partial charge on any atom is 0.320 e. The fourth-order valence-corrected chi connectivity index (χ4v) is 4.75. The summed E-state index contributed by atoms with van der Waals surface area (Å²) in [5.74, 6) is -0.884. The quantitative estimate of drug-likeness (QED) is 0.565. The van der Waals surface area contributed by atoms with Crippen LogP contribution in [0.25, 0.3) is 0 Å². The van der Waals surface area contributed by atoms with E-state index in [1.165, 1.54) is 19.3 Å². The zero-order valence-corrected chi connectivity index (χ0v) is 14.6. The van der Waals surface area contributed by atoms with Gasteiger partial charge in [0.25, 0.3) is 0 Å². The van der Waals surface area contributed by atoms with E-state index in [2.05, 4.69) is 5.32 Å². The Morgan fingerprint density at radius 3 is 1.96 bits per heavy atom. The molecule has 2 aliphatic rings. The third-order valence-electron chi connectivity index (χ3n) is 6.07. The van der Waals surface area contributed by atoms with Gasteiger partial charge in [0.15, 0.2) is 0 Å². The monoisotopic (exact) mass is 340 g/mol. The smallest absolute Gasteiger partial charge is 0.320 e. The summed E-state index contributed by atoms with van der Waals surface area (Å²) in [4.78, 5) is 22.5. The van der Waals surface area contributed by atoms with Crippen molar-refractivity contribution in [2.45, 2.75) is 82.8 Å². The predicted molar refractivity (Wildman–Crippen MR) is 91.7 cm³/mol. The van der Waals surface area contributed by atoms with Crippen molar-refractivity contribution in [2.24, 2.45) is 23.5 Å². The Morgan fingerprint density at radius 2 is 1.46 bits per heavy atom. The Labute approximate surface area is 144 Å². The van der Waals surface area contributed by atoms with Gasteiger partial charge in [0.1, 0.15) is 12.1 Å². The number of carboxylic acids is 2. The predicted octanol–water partition coefficient (Wildman–Crippen LogP) is 2.22. The molecule has 0 radical (unpaired) electrons. The molecule has 0 spiro atoms. The van der Waals surface area contributed by atoms with E-state index in [0.29, 0.717) is 11.8 Å². The van der Waals surface area contributed by atoms with Crippen LogP contribution in [0.2, 0.25) is 0 Å². The van der Waals surface area contributed by atoms with Gasteiger partial charge in [-0.25, -0.2) is 0 Å². The average Bonchev–Trinajstić information content (AvgIpc) is 2.57. The maximum absolute atomic E-state index is 11.5. The van der Waals surface area contributed by atoms with Crippen LogP contribution in [0.4, 0.5) is 0 Å². The van der Waals surface area contributed by atoms with Crippen molar-refractivity contribution in [3.05, 3.63) is 0 Å². The largest absolute Gasteiger partial charge is 0.480 e. The van der Waals surface area contributed by atoms with Crippen molar-refractivity contribution >= 4 is 11.9 Å². The van der Waals surface area contributed by atoms with Crippen molar-refractivity contribution in [2.75, 3.05) is 0 Å². The van der Waals surface area contributed by atoms with Gasteiger partial charge in [-0.1, -0.05) is 32.1 Å². The van der Waals surface area contributed by atoms with Crippen molar-refractivity contribution in [1.29, 1.82) is 0 Å². The highest BCUT2D eigenvalue weighted by molar-refractivity contribution is 5.73. The van der Waals surface area contributed by atoms with Gasteiger partial charge in [-0.2, -0.15) is 0 Å². The maximum atomic E-state index is 11.5. The van der Waals surface area contributed by atoms with Gasteiger partial charge < -0.3 is 21.3 Å². The number of nitrogens with two attached hydrogens (primary N) is 1. The summed E-state index contributed by atoms with van der Waals surface area (Å²) < 4.78 is 0. The molecule has 5 N–H and O–H groups in total. The molecule has 6 nitrogen and oxygen atoms in total. The molecule has 2 aliphatic carbocycles. The van der Waals surface area contributed by atoms with Crippen molar-refractivity contribution < 1.29 is 19.8 Å². The molecule has 0 aliphatic heterocycles. The zero-order valence-electron chi connectivity index (χ0n) is 14.6. The van der Waals surface area contributed by atoms with Gasteiger partial charge in [-0.05, 0) is 50.4 Å². The molecule has 2 fully saturated rings. The van der Waals surface area contributed by atoms with Crippen LogP contribution in [0.5, 0.6) is 0 Å². The number of nitrogens with one attached hydrogen (secondary N) is 1. The van der Waals surface area contributed by atoms with Gasteiger partial charge in [0, 0.05) is 6.04 Å². The molecule has 3 atom stereocenters. The molecule has 0 aromatic rings. The summed E-state index contributed by atoms with van der Waals surface area (Å²) in [6, 6.07) is -1.11. The van der Waals surface area contributed by atoms with E-state index in [-0.39, 0.29) is 12.0 Å². The lowest BCUT2D eigenvalue weighted by molar-refractivity contribution is -0.142. The first kappa shape index (κ1) is 19.2. The first-order chi connectivity index (χ1) is 11.4. The molecule has 0 bridgehead atoms. The molecule has 0 amide bonds. The summed E-state index contributed by atoms with van der Waals surface area (Å²) in [5.41, 5.74) is 6.08. The summed E-state index contributed by atoms with van der Waals surface area (Å²) in [7, 11) is 0. The van der Waals surface area contributed by atoms with Gasteiger partial charge in [-0.3, -0.25) is 9.59 Å². The number of aliphatic carboxylic acids is 2. The SMILES string of the molecule is C[C@@H](NC1CCC(C(C2CCCCC2)C(N)C(=O)O)CC1)C(=O)O. The summed E-state index contributed by atoms with van der Waals surface area (Å²) >= 11 is 0. The highest BCUT2D eigenvalue weighted by Crippen LogP contribution is 2.41. The van der Waals surface area contributed by atoms with Crippen LogP contribution < -0.4 is 11.1 Å². The van der Waals surface area contributed by atoms with Crippen molar-refractivity contribution in [1.82, 2.24) is 5.32 Å². The molecular weight excluding hydrogens is 308 g/mol. The Hall–Kier alpha value is -1.14. The lowest BCUT2D eigenvalue weighted by atomic mass is 9.66. The van der Waals surface area contributed by atoms with Crippen LogP contribution in [-0.4, -0.2) is 40.3 Å². The molecule has 0 aromatic heterocycles. The van der Waals surface area contributed by atoms with Crippen LogP contribution in [-0.2, 0) is 9.59 Å². The summed E-state index contributed by atoms with van der Waals surface area (Å²) in [6.07, 6.45) is 9.48. The van der Waals surface area contributed by atoms with Gasteiger partial charge in [-0.15, -0.1) is 0 Å². The second-order valence-electron chi connectivity index (χ2n) is 7.68. The lowest BCUT2D eigenvalue weighted by Gasteiger charge is -2.41. The van der Waals surface area contributed by atoms with Gasteiger partial charge in [0.05, 0.1) is 0 Å². The van der Waals surface area contributed by atoms with E-state index in [9.17, 15) is 14.7 Å². The Kier molecular flexibility index (Phi) is 7.04. The molecule has 0 heterocycles. The van der Waals surface area contributed by atoms with Crippen LogP contribution in [0.3, 0.4) is 0 Å². The fourth-order valence-electron chi connectivity index (χ4n) is 4.75. The van der Waals surface area contributed by atoms with Crippen molar-refractivity contribution in [3.8, 4) is 0 Å². The molecule has 2 rings (SSSR count). The minimum Gasteiger partial charge on any atom is -0.480 e. The number of carbonyl (C=O) groups is 2. The van der Waals surface area contributed by atoms with Crippen molar-refractivity contribution in [3.63, 3.8) is 0 Å². The zero-order chi connectivity index (χ0) is 17.7. The van der Waals surface area contributed by atoms with Gasteiger partial charge >= 0.3 is 11.9 Å². The fraction of sp³-hybridized carbons (Fsp3) is 0.889. The Morgan fingerprint density at radius 1 is 0.917 bits per heavy atom. The molecule has 6 heteroatoms. The van der Waals surface area contributed by atoms with Gasteiger partial charge in [0.2, 0.25) is 0 Å². The minimum absolute atomic E-state index is 0.0562. The summed E-state index contributed by atoms with van der Waals surface area (Å²) in [6.45, 7) is 1.67.